The van der Waals surface area contributed by atoms with Crippen molar-refractivity contribution in [3.63, 3.8) is 0 Å². The van der Waals surface area contributed by atoms with Gasteiger partial charge in [0.15, 0.2) is 0 Å². The molecule has 0 aromatic carbocycles. The predicted molar refractivity (Wildman–Crippen MR) is 82.6 cm³/mol. The second-order valence-electron chi connectivity index (χ2n) is 5.98. The zero-order valence-electron chi connectivity index (χ0n) is 12.6. The van der Waals surface area contributed by atoms with Crippen LogP contribution in [0.5, 0.6) is 0 Å². The molecule has 3 nitrogen and oxygen atoms in total. The summed E-state index contributed by atoms with van der Waals surface area (Å²) in [7, 11) is 0. The van der Waals surface area contributed by atoms with Crippen LogP contribution < -0.4 is 5.32 Å². The molecule has 1 aliphatic rings. The number of hydrogen-bond donors (Lipinski definition) is 1. The van der Waals surface area contributed by atoms with Gasteiger partial charge in [0, 0.05) is 42.8 Å². The molecular weight excluding hydrogens is 254 g/mol. The molecule has 2 atom stereocenters. The first-order chi connectivity index (χ1) is 9.10. The highest BCUT2D eigenvalue weighted by Crippen LogP contribution is 2.22. The van der Waals surface area contributed by atoms with Crippen molar-refractivity contribution >= 4 is 11.3 Å². The average Bonchev–Trinajstić information content (AvgIpc) is 2.75. The maximum Gasteiger partial charge on any atom is 0.0897 e. The van der Waals surface area contributed by atoms with Gasteiger partial charge in [-0.2, -0.15) is 0 Å². The van der Waals surface area contributed by atoms with Crippen molar-refractivity contribution < 1.29 is 0 Å². The molecule has 108 valence electrons. The van der Waals surface area contributed by atoms with Gasteiger partial charge < -0.3 is 5.32 Å². The van der Waals surface area contributed by atoms with Gasteiger partial charge in [0.05, 0.1) is 5.01 Å². The van der Waals surface area contributed by atoms with E-state index >= 15 is 0 Å². The standard InChI is InChI=1S/C15H27N3S/c1-5-6-13-9-18(15(8-17-13)11(2)3)10-14-7-16-12(4)19-14/h7,11,13,15,17H,5-6,8-10H2,1-4H3. The molecule has 2 heterocycles. The van der Waals surface area contributed by atoms with E-state index in [0.717, 1.165) is 13.1 Å². The summed E-state index contributed by atoms with van der Waals surface area (Å²) in [6.45, 7) is 12.4. The second-order valence-corrected chi connectivity index (χ2v) is 7.30. The summed E-state index contributed by atoms with van der Waals surface area (Å²) in [4.78, 5) is 8.45. The molecule has 0 bridgehead atoms. The zero-order chi connectivity index (χ0) is 13.8. The first-order valence-electron chi connectivity index (χ1n) is 7.49. The number of piperazine rings is 1. The van der Waals surface area contributed by atoms with Crippen LogP contribution >= 0.6 is 11.3 Å². The lowest BCUT2D eigenvalue weighted by molar-refractivity contribution is 0.0894. The molecule has 2 unspecified atom stereocenters. The Labute approximate surface area is 121 Å². The van der Waals surface area contributed by atoms with Gasteiger partial charge in [-0.25, -0.2) is 4.98 Å². The van der Waals surface area contributed by atoms with Crippen LogP contribution in [0.3, 0.4) is 0 Å². The minimum atomic E-state index is 0.649. The third-order valence-electron chi connectivity index (χ3n) is 3.97. The molecule has 0 radical (unpaired) electrons. The average molecular weight is 281 g/mol. The Hall–Kier alpha value is -0.450. The van der Waals surface area contributed by atoms with Gasteiger partial charge in [-0.3, -0.25) is 4.90 Å². The largest absolute Gasteiger partial charge is 0.311 e. The van der Waals surface area contributed by atoms with Crippen LogP contribution in [0.1, 0.15) is 43.5 Å². The summed E-state index contributed by atoms with van der Waals surface area (Å²) in [5.74, 6) is 0.698. The van der Waals surface area contributed by atoms with Crippen LogP contribution in [0.15, 0.2) is 6.20 Å². The summed E-state index contributed by atoms with van der Waals surface area (Å²) in [6.07, 6.45) is 4.59. The summed E-state index contributed by atoms with van der Waals surface area (Å²) in [6, 6.07) is 1.31. The fraction of sp³-hybridized carbons (Fsp3) is 0.800. The molecule has 1 saturated heterocycles. The summed E-state index contributed by atoms with van der Waals surface area (Å²) in [5.41, 5.74) is 0. The lowest BCUT2D eigenvalue weighted by Gasteiger charge is -2.42. The Morgan fingerprint density at radius 2 is 2.32 bits per heavy atom. The summed E-state index contributed by atoms with van der Waals surface area (Å²) >= 11 is 1.84. The highest BCUT2D eigenvalue weighted by molar-refractivity contribution is 7.11. The summed E-state index contributed by atoms with van der Waals surface area (Å²) < 4.78 is 0. The molecule has 2 rings (SSSR count). The number of hydrogen-bond acceptors (Lipinski definition) is 4. The van der Waals surface area contributed by atoms with Gasteiger partial charge in [0.1, 0.15) is 0 Å². The van der Waals surface area contributed by atoms with Crippen molar-refractivity contribution in [2.24, 2.45) is 5.92 Å². The van der Waals surface area contributed by atoms with Crippen molar-refractivity contribution in [1.29, 1.82) is 0 Å². The zero-order valence-corrected chi connectivity index (χ0v) is 13.5. The highest BCUT2D eigenvalue weighted by Gasteiger charge is 2.29. The van der Waals surface area contributed by atoms with E-state index in [4.69, 9.17) is 0 Å². The molecule has 1 aliphatic heterocycles. The van der Waals surface area contributed by atoms with Crippen LogP contribution in [0.25, 0.3) is 0 Å². The molecule has 4 heteroatoms. The molecule has 1 N–H and O–H groups in total. The minimum absolute atomic E-state index is 0.649. The third-order valence-corrected chi connectivity index (χ3v) is 4.87. The van der Waals surface area contributed by atoms with E-state index in [0.29, 0.717) is 18.0 Å². The topological polar surface area (TPSA) is 28.2 Å². The Bertz CT molecular complexity index is 388. The van der Waals surface area contributed by atoms with E-state index in [1.54, 1.807) is 0 Å². The van der Waals surface area contributed by atoms with E-state index in [9.17, 15) is 0 Å². The molecule has 0 saturated carbocycles. The maximum atomic E-state index is 4.38. The lowest BCUT2D eigenvalue weighted by atomic mass is 9.97. The molecular formula is C15H27N3S. The Morgan fingerprint density at radius 1 is 1.53 bits per heavy atom. The Balaban J connectivity index is 2.02. The van der Waals surface area contributed by atoms with E-state index in [2.05, 4.69) is 42.9 Å². The number of nitrogens with one attached hydrogen (secondary N) is 1. The monoisotopic (exact) mass is 281 g/mol. The van der Waals surface area contributed by atoms with Crippen molar-refractivity contribution in [2.45, 2.75) is 59.2 Å². The van der Waals surface area contributed by atoms with Crippen LogP contribution in [0.2, 0.25) is 0 Å². The van der Waals surface area contributed by atoms with Gasteiger partial charge in [-0.1, -0.05) is 27.2 Å². The summed E-state index contributed by atoms with van der Waals surface area (Å²) in [5, 5.41) is 4.90. The van der Waals surface area contributed by atoms with E-state index in [1.165, 1.54) is 29.3 Å². The van der Waals surface area contributed by atoms with Crippen molar-refractivity contribution in [2.75, 3.05) is 13.1 Å². The number of thiazole rings is 1. The van der Waals surface area contributed by atoms with Gasteiger partial charge >= 0.3 is 0 Å². The van der Waals surface area contributed by atoms with Crippen molar-refractivity contribution in [3.8, 4) is 0 Å². The fourth-order valence-electron chi connectivity index (χ4n) is 2.96. The first kappa shape index (κ1) is 14.9. The molecule has 0 aliphatic carbocycles. The second kappa shape index (κ2) is 6.82. The fourth-order valence-corrected chi connectivity index (χ4v) is 3.78. The van der Waals surface area contributed by atoms with Crippen molar-refractivity contribution in [1.82, 2.24) is 15.2 Å². The molecule has 19 heavy (non-hydrogen) atoms. The quantitative estimate of drug-likeness (QED) is 0.899. The minimum Gasteiger partial charge on any atom is -0.311 e. The smallest absolute Gasteiger partial charge is 0.0897 e. The third kappa shape index (κ3) is 4.01. The van der Waals surface area contributed by atoms with Crippen LogP contribution in [0, 0.1) is 12.8 Å². The molecule has 1 fully saturated rings. The lowest BCUT2D eigenvalue weighted by Crippen LogP contribution is -2.57. The number of nitrogens with zero attached hydrogens (tertiary/aromatic N) is 2. The van der Waals surface area contributed by atoms with Crippen LogP contribution in [-0.2, 0) is 6.54 Å². The predicted octanol–water partition coefficient (Wildman–Crippen LogP) is 3.05. The SMILES string of the molecule is CCCC1CN(Cc2cnc(C)s2)C(C(C)C)CN1. The maximum absolute atomic E-state index is 4.38. The van der Waals surface area contributed by atoms with E-state index < -0.39 is 0 Å². The normalized spacial score (nSPS) is 25.1. The number of aryl methyl sites for hydroxylation is 1. The van der Waals surface area contributed by atoms with Crippen molar-refractivity contribution in [3.05, 3.63) is 16.1 Å². The van der Waals surface area contributed by atoms with Crippen LogP contribution in [-0.4, -0.2) is 35.1 Å². The molecule has 0 spiro atoms. The first-order valence-corrected chi connectivity index (χ1v) is 8.30. The van der Waals surface area contributed by atoms with E-state index in [1.807, 2.05) is 17.5 Å². The molecule has 1 aromatic heterocycles. The number of aromatic nitrogens is 1. The van der Waals surface area contributed by atoms with Gasteiger partial charge in [0.25, 0.3) is 0 Å². The molecule has 0 amide bonds. The Kier molecular flexibility index (Phi) is 5.37. The van der Waals surface area contributed by atoms with E-state index in [-0.39, 0.29) is 0 Å². The highest BCUT2D eigenvalue weighted by atomic mass is 32.1. The van der Waals surface area contributed by atoms with Crippen LogP contribution in [0.4, 0.5) is 0 Å². The number of rotatable bonds is 5. The van der Waals surface area contributed by atoms with Gasteiger partial charge in [-0.15, -0.1) is 11.3 Å². The van der Waals surface area contributed by atoms with Gasteiger partial charge in [-0.05, 0) is 19.3 Å². The van der Waals surface area contributed by atoms with Gasteiger partial charge in [0.2, 0.25) is 0 Å². The molecule has 1 aromatic rings. The Morgan fingerprint density at radius 3 is 2.89 bits per heavy atom.